The Bertz CT molecular complexity index is 210. The number of nitrogens with zero attached hydrogens (tertiary/aromatic N) is 1. The van der Waals surface area contributed by atoms with Crippen LogP contribution in [0.5, 0.6) is 0 Å². The summed E-state index contributed by atoms with van der Waals surface area (Å²) in [6.45, 7) is 3.57. The molecule has 0 aromatic heterocycles. The Morgan fingerprint density at radius 3 is 2.44 bits per heavy atom. The average molecular weight is 343 g/mol. The largest absolute Gasteiger partial charge is 0.469 e. The molecule has 6 heteroatoms. The molecule has 0 saturated carbocycles. The lowest BCUT2D eigenvalue weighted by atomic mass is 10.3. The van der Waals surface area contributed by atoms with Crippen molar-refractivity contribution in [1.82, 2.24) is 10.6 Å². The van der Waals surface area contributed by atoms with Gasteiger partial charge < -0.3 is 15.4 Å². The van der Waals surface area contributed by atoms with Crippen LogP contribution in [0.1, 0.15) is 26.2 Å². The number of aliphatic imine (C=N–C) groups is 1. The highest BCUT2D eigenvalue weighted by atomic mass is 127. The number of rotatable bonds is 6. The van der Waals surface area contributed by atoms with Crippen molar-refractivity contribution in [2.45, 2.75) is 26.2 Å². The van der Waals surface area contributed by atoms with E-state index in [2.05, 4.69) is 27.3 Å². The van der Waals surface area contributed by atoms with Crippen molar-refractivity contribution in [3.05, 3.63) is 0 Å². The minimum absolute atomic E-state index is 0. The van der Waals surface area contributed by atoms with E-state index in [1.165, 1.54) is 7.11 Å². The first-order chi connectivity index (χ1) is 7.24. The highest BCUT2D eigenvalue weighted by Gasteiger charge is 2.00. The number of esters is 1. The number of hydrogen-bond donors (Lipinski definition) is 2. The quantitative estimate of drug-likeness (QED) is 0.250. The van der Waals surface area contributed by atoms with E-state index in [1.807, 2.05) is 0 Å². The summed E-state index contributed by atoms with van der Waals surface area (Å²) in [5.41, 5.74) is 0. The molecule has 0 aromatic carbocycles. The van der Waals surface area contributed by atoms with Gasteiger partial charge in [0.25, 0.3) is 0 Å². The Morgan fingerprint density at radius 2 is 1.94 bits per heavy atom. The lowest BCUT2D eigenvalue weighted by Gasteiger charge is -2.10. The number of ether oxygens (including phenoxy) is 1. The fourth-order valence-corrected chi connectivity index (χ4v) is 0.989. The van der Waals surface area contributed by atoms with Gasteiger partial charge in [0.1, 0.15) is 0 Å². The smallest absolute Gasteiger partial charge is 0.307 e. The number of nitrogens with one attached hydrogen (secondary N) is 2. The van der Waals surface area contributed by atoms with Crippen molar-refractivity contribution < 1.29 is 9.53 Å². The van der Waals surface area contributed by atoms with Crippen LogP contribution in [0.15, 0.2) is 4.99 Å². The highest BCUT2D eigenvalue weighted by molar-refractivity contribution is 14.0. The number of guanidine groups is 1. The Kier molecular flexibility index (Phi) is 14.0. The molecule has 0 aliphatic heterocycles. The molecule has 0 aliphatic carbocycles. The molecule has 0 radical (unpaired) electrons. The van der Waals surface area contributed by atoms with Crippen LogP contribution in [0.2, 0.25) is 0 Å². The molecule has 0 bridgehead atoms. The summed E-state index contributed by atoms with van der Waals surface area (Å²) in [7, 11) is 3.09. The van der Waals surface area contributed by atoms with Gasteiger partial charge in [-0.05, 0) is 6.42 Å². The lowest BCUT2D eigenvalue weighted by molar-refractivity contribution is -0.140. The van der Waals surface area contributed by atoms with Crippen LogP contribution in [0.4, 0.5) is 0 Å². The maximum atomic E-state index is 10.8. The standard InChI is InChI=1S/C10H21N3O2.HI/c1-4-5-7-12-10(11-2)13-8-6-9(14)15-3;/h4-8H2,1-3H3,(H2,11,12,13);1H. The Balaban J connectivity index is 0. The molecule has 0 fully saturated rings. The fourth-order valence-electron chi connectivity index (χ4n) is 0.989. The van der Waals surface area contributed by atoms with Crippen LogP contribution in [0.3, 0.4) is 0 Å². The monoisotopic (exact) mass is 343 g/mol. The van der Waals surface area contributed by atoms with Crippen molar-refractivity contribution in [2.75, 3.05) is 27.2 Å². The van der Waals surface area contributed by atoms with Crippen molar-refractivity contribution in [3.8, 4) is 0 Å². The number of carbonyl (C=O) groups excluding carboxylic acids is 1. The molecule has 0 rings (SSSR count). The molecule has 0 aromatic rings. The van der Waals surface area contributed by atoms with Crippen LogP contribution < -0.4 is 10.6 Å². The first-order valence-corrected chi connectivity index (χ1v) is 5.26. The third-order valence-corrected chi connectivity index (χ3v) is 1.90. The summed E-state index contributed by atoms with van der Waals surface area (Å²) < 4.78 is 4.52. The van der Waals surface area contributed by atoms with Gasteiger partial charge in [-0.15, -0.1) is 24.0 Å². The van der Waals surface area contributed by atoms with E-state index >= 15 is 0 Å². The number of unbranched alkanes of at least 4 members (excludes halogenated alkanes) is 1. The predicted molar refractivity (Wildman–Crippen MR) is 76.3 cm³/mol. The van der Waals surface area contributed by atoms with Gasteiger partial charge in [-0.3, -0.25) is 9.79 Å². The molecule has 16 heavy (non-hydrogen) atoms. The molecule has 0 saturated heterocycles. The number of hydrogen-bond acceptors (Lipinski definition) is 3. The molecule has 0 spiro atoms. The number of methoxy groups -OCH3 is 1. The van der Waals surface area contributed by atoms with Crippen LogP contribution in [-0.2, 0) is 9.53 Å². The molecule has 0 amide bonds. The average Bonchev–Trinajstić information content (AvgIpc) is 2.26. The third-order valence-electron chi connectivity index (χ3n) is 1.90. The maximum Gasteiger partial charge on any atom is 0.307 e. The topological polar surface area (TPSA) is 62.7 Å². The second-order valence-electron chi connectivity index (χ2n) is 3.11. The third kappa shape index (κ3) is 10.0. The van der Waals surface area contributed by atoms with Crippen molar-refractivity contribution in [1.29, 1.82) is 0 Å². The summed E-state index contributed by atoms with van der Waals surface area (Å²) in [4.78, 5) is 14.8. The summed E-state index contributed by atoms with van der Waals surface area (Å²) in [6.07, 6.45) is 2.61. The summed E-state index contributed by atoms with van der Waals surface area (Å²) in [5, 5.41) is 6.18. The summed E-state index contributed by atoms with van der Waals surface area (Å²) in [6, 6.07) is 0. The zero-order valence-electron chi connectivity index (χ0n) is 10.2. The van der Waals surface area contributed by atoms with Gasteiger partial charge in [-0.2, -0.15) is 0 Å². The SMILES string of the molecule is CCCCNC(=NC)NCCC(=O)OC.I. The maximum absolute atomic E-state index is 10.8. The second kappa shape index (κ2) is 12.5. The molecule has 0 atom stereocenters. The van der Waals surface area contributed by atoms with E-state index in [0.29, 0.717) is 13.0 Å². The van der Waals surface area contributed by atoms with E-state index < -0.39 is 0 Å². The van der Waals surface area contributed by atoms with E-state index in [4.69, 9.17) is 0 Å². The molecule has 2 N–H and O–H groups in total. The van der Waals surface area contributed by atoms with Crippen molar-refractivity contribution >= 4 is 35.9 Å². The first kappa shape index (κ1) is 17.9. The Morgan fingerprint density at radius 1 is 1.31 bits per heavy atom. The van der Waals surface area contributed by atoms with Crippen molar-refractivity contribution in [2.24, 2.45) is 4.99 Å². The molecule has 0 unspecified atom stereocenters. The van der Waals surface area contributed by atoms with Gasteiger partial charge in [-0.25, -0.2) is 0 Å². The molecule has 0 heterocycles. The first-order valence-electron chi connectivity index (χ1n) is 5.26. The van der Waals surface area contributed by atoms with Gasteiger partial charge in [-0.1, -0.05) is 13.3 Å². The van der Waals surface area contributed by atoms with E-state index in [0.717, 1.165) is 25.3 Å². The predicted octanol–water partition coefficient (Wildman–Crippen LogP) is 1.13. The Labute approximate surface area is 114 Å². The lowest BCUT2D eigenvalue weighted by Crippen LogP contribution is -2.38. The molecular formula is C10H22IN3O2. The molecule has 0 aliphatic rings. The number of carbonyl (C=O) groups is 1. The Hall–Kier alpha value is -0.530. The van der Waals surface area contributed by atoms with Gasteiger partial charge in [0, 0.05) is 20.1 Å². The van der Waals surface area contributed by atoms with Crippen LogP contribution in [0.25, 0.3) is 0 Å². The van der Waals surface area contributed by atoms with Gasteiger partial charge in [0.05, 0.1) is 13.5 Å². The van der Waals surface area contributed by atoms with Gasteiger partial charge >= 0.3 is 5.97 Å². The van der Waals surface area contributed by atoms with Crippen LogP contribution in [0, 0.1) is 0 Å². The molecule has 5 nitrogen and oxygen atoms in total. The zero-order valence-corrected chi connectivity index (χ0v) is 12.5. The van der Waals surface area contributed by atoms with Crippen molar-refractivity contribution in [3.63, 3.8) is 0 Å². The second-order valence-corrected chi connectivity index (χ2v) is 3.11. The normalized spacial score (nSPS) is 10.3. The molecule has 96 valence electrons. The highest BCUT2D eigenvalue weighted by Crippen LogP contribution is 1.84. The minimum atomic E-state index is -0.216. The van der Waals surface area contributed by atoms with Crippen LogP contribution in [-0.4, -0.2) is 39.2 Å². The van der Waals surface area contributed by atoms with Gasteiger partial charge in [0.15, 0.2) is 5.96 Å². The van der Waals surface area contributed by atoms with Crippen LogP contribution >= 0.6 is 24.0 Å². The zero-order chi connectivity index (χ0) is 11.5. The molecular weight excluding hydrogens is 321 g/mol. The fraction of sp³-hybridized carbons (Fsp3) is 0.800. The van der Waals surface area contributed by atoms with E-state index in [9.17, 15) is 4.79 Å². The number of halogens is 1. The van der Waals surface area contributed by atoms with E-state index in [-0.39, 0.29) is 29.9 Å². The van der Waals surface area contributed by atoms with E-state index in [1.54, 1.807) is 7.05 Å². The summed E-state index contributed by atoms with van der Waals surface area (Å²) in [5.74, 6) is 0.513. The van der Waals surface area contributed by atoms with Gasteiger partial charge in [0.2, 0.25) is 0 Å². The minimum Gasteiger partial charge on any atom is -0.469 e. The summed E-state index contributed by atoms with van der Waals surface area (Å²) >= 11 is 0.